The minimum atomic E-state index is -5.09. The minimum absolute atomic E-state index is 0. The summed E-state index contributed by atoms with van der Waals surface area (Å²) in [6, 6.07) is 48.8. The maximum absolute atomic E-state index is 11.3. The van der Waals surface area contributed by atoms with Gasteiger partial charge in [-0.2, -0.15) is 0 Å². The molecule has 0 aliphatic rings. The van der Waals surface area contributed by atoms with Crippen LogP contribution in [-0.4, -0.2) is 83.2 Å². The summed E-state index contributed by atoms with van der Waals surface area (Å²) in [5, 5.41) is 0. The SMILES string of the molecule is CC(CCC(P(=O)(O)O)S(=O)(=O)[O-])c1cccc(Oc2ccccc2)c1.CC(CCC(P(=O)(O)O)S(=O)(=O)[O-])c1cccc(Oc2ccccc2)c1.CC(CCC(P(=O)(O)O)S(=O)(=O)[O-])c1cccc(Oc2ccccc2)c1.[K+].[K+].[K+]. The van der Waals surface area contributed by atoms with Gasteiger partial charge in [0.1, 0.15) is 64.9 Å². The predicted octanol–water partition coefficient (Wildman–Crippen LogP) is 1.25. The van der Waals surface area contributed by atoms with Gasteiger partial charge in [-0.05, 0) is 146 Å². The molecule has 0 spiro atoms. The monoisotopic (exact) mass is 1310 g/mol. The van der Waals surface area contributed by atoms with Crippen LogP contribution in [0.4, 0.5) is 0 Å². The van der Waals surface area contributed by atoms with Crippen LogP contribution in [0.5, 0.6) is 34.5 Å². The van der Waals surface area contributed by atoms with E-state index in [1.54, 1.807) is 130 Å². The van der Waals surface area contributed by atoms with E-state index in [1.807, 2.05) is 54.6 Å². The molecule has 6 N–H and O–H groups in total. The minimum Gasteiger partial charge on any atom is -0.747 e. The van der Waals surface area contributed by atoms with E-state index in [4.69, 9.17) is 43.6 Å². The summed E-state index contributed by atoms with van der Waals surface area (Å²) in [5.41, 5.74) is 2.43. The summed E-state index contributed by atoms with van der Waals surface area (Å²) < 4.78 is 151. The molecular formula is C51H60K3O21P3S3. The Morgan fingerprint density at radius 2 is 0.543 bits per heavy atom. The molecule has 0 aliphatic heterocycles. The van der Waals surface area contributed by atoms with Gasteiger partial charge in [0, 0.05) is 0 Å². The third-order valence-electron chi connectivity index (χ3n) is 11.9. The molecule has 6 aromatic carbocycles. The molecule has 0 aromatic heterocycles. The molecule has 0 radical (unpaired) electrons. The van der Waals surface area contributed by atoms with E-state index in [1.165, 1.54) is 0 Å². The fraction of sp³-hybridized carbons (Fsp3) is 0.294. The third-order valence-corrected chi connectivity index (χ3v) is 22.4. The van der Waals surface area contributed by atoms with E-state index in [0.29, 0.717) is 34.5 Å². The van der Waals surface area contributed by atoms with Crippen LogP contribution >= 0.6 is 22.8 Å². The fourth-order valence-electron chi connectivity index (χ4n) is 7.65. The Kier molecular flexibility index (Phi) is 35.4. The Hall–Kier alpha value is -0.191. The first-order valence-corrected chi connectivity index (χ1v) is 33.2. The van der Waals surface area contributed by atoms with Gasteiger partial charge in [-0.3, -0.25) is 13.7 Å². The maximum Gasteiger partial charge on any atom is 1.00 e. The van der Waals surface area contributed by atoms with Crippen molar-refractivity contribution in [1.82, 2.24) is 0 Å². The first kappa shape index (κ1) is 78.8. The van der Waals surface area contributed by atoms with Crippen LogP contribution in [0.3, 0.4) is 0 Å². The molecule has 426 valence electrons. The van der Waals surface area contributed by atoms with Crippen molar-refractivity contribution < 1.29 is 250 Å². The molecular weight excluding hydrogens is 1250 g/mol. The van der Waals surface area contributed by atoms with Crippen molar-refractivity contribution in [2.75, 3.05) is 0 Å². The average Bonchev–Trinajstić information content (AvgIpc) is 3.33. The maximum atomic E-state index is 11.3. The first-order chi connectivity index (χ1) is 36.2. The molecule has 0 aliphatic carbocycles. The predicted molar refractivity (Wildman–Crippen MR) is 288 cm³/mol. The smallest absolute Gasteiger partial charge is 0.747 e. The molecule has 0 saturated carbocycles. The Morgan fingerprint density at radius 1 is 0.346 bits per heavy atom. The first-order valence-electron chi connectivity index (χ1n) is 23.7. The van der Waals surface area contributed by atoms with Crippen molar-refractivity contribution in [1.29, 1.82) is 0 Å². The number of para-hydroxylation sites is 3. The normalized spacial score (nSPS) is 14.1. The van der Waals surface area contributed by atoms with Crippen molar-refractivity contribution in [3.63, 3.8) is 0 Å². The van der Waals surface area contributed by atoms with Crippen LogP contribution in [0.25, 0.3) is 0 Å². The zero-order chi connectivity index (χ0) is 58.1. The molecule has 21 nitrogen and oxygen atoms in total. The molecule has 6 atom stereocenters. The second-order valence-electron chi connectivity index (χ2n) is 18.0. The van der Waals surface area contributed by atoms with Gasteiger partial charge < -0.3 is 57.2 Å². The molecule has 0 saturated heterocycles. The summed E-state index contributed by atoms with van der Waals surface area (Å²) in [5.74, 6) is 3.10. The second-order valence-corrected chi connectivity index (χ2v) is 29.1. The van der Waals surface area contributed by atoms with E-state index in [2.05, 4.69) is 0 Å². The van der Waals surface area contributed by atoms with Gasteiger partial charge in [0.15, 0.2) is 15.0 Å². The van der Waals surface area contributed by atoms with Gasteiger partial charge in [0.05, 0.1) is 0 Å². The van der Waals surface area contributed by atoms with Crippen LogP contribution in [-0.2, 0) is 44.0 Å². The summed E-state index contributed by atoms with van der Waals surface area (Å²) in [4.78, 5) is 48.0. The molecule has 0 heterocycles. The van der Waals surface area contributed by atoms with Crippen molar-refractivity contribution in [2.45, 2.75) is 92.0 Å². The zero-order valence-electron chi connectivity index (χ0n) is 45.2. The number of hydrogen-bond acceptors (Lipinski definition) is 15. The summed E-state index contributed by atoms with van der Waals surface area (Å²) in [6.07, 6.45) is -0.854. The quantitative estimate of drug-likeness (QED) is 0.0282. The third kappa shape index (κ3) is 29.1. The van der Waals surface area contributed by atoms with Crippen molar-refractivity contribution in [3.8, 4) is 34.5 Å². The molecule has 0 fully saturated rings. The van der Waals surface area contributed by atoms with E-state index in [-0.39, 0.29) is 191 Å². The molecule has 6 aromatic rings. The van der Waals surface area contributed by atoms with Crippen LogP contribution in [0.15, 0.2) is 164 Å². The van der Waals surface area contributed by atoms with Crippen molar-refractivity contribution >= 4 is 53.1 Å². The molecule has 0 bridgehead atoms. The molecule has 0 amide bonds. The zero-order valence-corrected chi connectivity index (χ0v) is 59.7. The molecule has 30 heteroatoms. The molecule has 6 rings (SSSR count). The summed E-state index contributed by atoms with van der Waals surface area (Å²) in [7, 11) is -30.3. The van der Waals surface area contributed by atoms with Crippen LogP contribution in [0.2, 0.25) is 0 Å². The Labute approximate surface area is 600 Å². The fourth-order valence-corrected chi connectivity index (χ4v) is 14.4. The summed E-state index contributed by atoms with van der Waals surface area (Å²) >= 11 is 0. The Morgan fingerprint density at radius 3 is 0.728 bits per heavy atom. The standard InChI is InChI=1S/3C17H21O7PS.3K/c3*1-13(10-11-17(25(18,19)20)26(21,22)23)14-6-5-9-16(12-14)24-15-7-3-2-4-8-15;;;/h3*2-9,12-13,17H,10-11H2,1H3,(H2,18,19,20)(H,21,22,23);;;/q;;;3*+1/p-3. The number of hydrogen-bond donors (Lipinski definition) is 6. The van der Waals surface area contributed by atoms with E-state index in [0.717, 1.165) is 16.7 Å². The van der Waals surface area contributed by atoms with Crippen LogP contribution in [0, 0.1) is 0 Å². The van der Waals surface area contributed by atoms with E-state index < -0.39 is 87.4 Å². The summed E-state index contributed by atoms with van der Waals surface area (Å²) in [6.45, 7) is 5.36. The van der Waals surface area contributed by atoms with Gasteiger partial charge in [0.25, 0.3) is 0 Å². The van der Waals surface area contributed by atoms with Crippen LogP contribution < -0.4 is 168 Å². The average molecular weight is 1320 g/mol. The van der Waals surface area contributed by atoms with Crippen molar-refractivity contribution in [2.24, 2.45) is 0 Å². The van der Waals surface area contributed by atoms with Crippen LogP contribution in [0.1, 0.15) is 93.7 Å². The number of rotatable bonds is 24. The van der Waals surface area contributed by atoms with Gasteiger partial charge in [0.2, 0.25) is 0 Å². The topological polar surface area (TPSA) is 372 Å². The Bertz CT molecular complexity index is 3000. The second kappa shape index (κ2) is 36.3. The van der Waals surface area contributed by atoms with Gasteiger partial charge >= 0.3 is 177 Å². The van der Waals surface area contributed by atoms with E-state index in [9.17, 15) is 52.6 Å². The van der Waals surface area contributed by atoms with E-state index >= 15 is 0 Å². The largest absolute Gasteiger partial charge is 1.00 e. The molecule has 6 unspecified atom stereocenters. The van der Waals surface area contributed by atoms with Gasteiger partial charge in [-0.25, -0.2) is 25.3 Å². The number of ether oxygens (including phenoxy) is 3. The number of benzene rings is 6. The van der Waals surface area contributed by atoms with Gasteiger partial charge in [-0.1, -0.05) is 112 Å². The van der Waals surface area contributed by atoms with Crippen molar-refractivity contribution in [3.05, 3.63) is 180 Å². The molecule has 81 heavy (non-hydrogen) atoms. The Balaban J connectivity index is 0.000000596. The van der Waals surface area contributed by atoms with Gasteiger partial charge in [-0.15, -0.1) is 0 Å².